The predicted octanol–water partition coefficient (Wildman–Crippen LogP) is 2.73. The van der Waals surface area contributed by atoms with Gasteiger partial charge in [-0.3, -0.25) is 9.36 Å². The molecule has 0 saturated heterocycles. The number of ether oxygens (including phenoxy) is 2. The lowest BCUT2D eigenvalue weighted by Crippen LogP contribution is -2.39. The zero-order valence-corrected chi connectivity index (χ0v) is 18.5. The Balaban J connectivity index is 1.94. The van der Waals surface area contributed by atoms with E-state index in [1.165, 1.54) is 18.4 Å². The summed E-state index contributed by atoms with van der Waals surface area (Å²) < 4.78 is 12.4. The van der Waals surface area contributed by atoms with Crippen LogP contribution in [0.2, 0.25) is 0 Å². The Labute approximate surface area is 183 Å². The molecule has 3 aromatic rings. The van der Waals surface area contributed by atoms with Crippen LogP contribution < -0.4 is 19.6 Å². The maximum Gasteiger partial charge on any atom is 0.338 e. The third kappa shape index (κ3) is 3.84. The lowest BCUT2D eigenvalue weighted by atomic mass is 9.96. The summed E-state index contributed by atoms with van der Waals surface area (Å²) in [4.78, 5) is 31.2. The van der Waals surface area contributed by atoms with Crippen molar-refractivity contribution in [2.75, 3.05) is 14.2 Å². The van der Waals surface area contributed by atoms with Crippen molar-refractivity contribution in [3.8, 4) is 5.75 Å². The molecule has 1 aromatic heterocycles. The van der Waals surface area contributed by atoms with Crippen LogP contribution in [0.15, 0.2) is 69.6 Å². The summed E-state index contributed by atoms with van der Waals surface area (Å²) in [6, 6.07) is 14.6. The third-order valence-corrected chi connectivity index (χ3v) is 6.22. The number of fused-ring (bicyclic) bond motifs is 1. The zero-order chi connectivity index (χ0) is 22.1. The summed E-state index contributed by atoms with van der Waals surface area (Å²) in [6.07, 6.45) is 1.85. The normalized spacial score (nSPS) is 16.0. The number of aromatic nitrogens is 1. The Kier molecular flexibility index (Phi) is 5.61. The van der Waals surface area contributed by atoms with Crippen molar-refractivity contribution in [1.82, 2.24) is 4.57 Å². The lowest BCUT2D eigenvalue weighted by Gasteiger charge is -2.24. The molecule has 2 heterocycles. The molecule has 158 valence electrons. The van der Waals surface area contributed by atoms with Crippen molar-refractivity contribution in [1.29, 1.82) is 0 Å². The molecule has 0 spiro atoms. The van der Waals surface area contributed by atoms with Crippen LogP contribution in [-0.2, 0) is 9.53 Å². The molecule has 0 bridgehead atoms. The number of thiazole rings is 1. The molecule has 0 N–H and O–H groups in total. The molecule has 0 radical (unpaired) electrons. The van der Waals surface area contributed by atoms with E-state index in [1.54, 1.807) is 18.6 Å². The fraction of sp³-hybridized carbons (Fsp3) is 0.208. The minimum Gasteiger partial charge on any atom is -0.497 e. The lowest BCUT2D eigenvalue weighted by molar-refractivity contribution is -0.136. The highest BCUT2D eigenvalue weighted by atomic mass is 32.1. The molecule has 4 rings (SSSR count). The summed E-state index contributed by atoms with van der Waals surface area (Å²) in [7, 11) is 2.92. The molecule has 0 fully saturated rings. The van der Waals surface area contributed by atoms with Gasteiger partial charge in [0.1, 0.15) is 5.75 Å². The quantitative estimate of drug-likeness (QED) is 0.592. The number of hydrogen-bond acceptors (Lipinski definition) is 6. The molecule has 31 heavy (non-hydrogen) atoms. The molecule has 0 aliphatic carbocycles. The van der Waals surface area contributed by atoms with Gasteiger partial charge in [0.25, 0.3) is 5.56 Å². The zero-order valence-electron chi connectivity index (χ0n) is 17.7. The molecule has 6 nitrogen and oxygen atoms in total. The second-order valence-electron chi connectivity index (χ2n) is 7.26. The molecular formula is C24H22N2O4S. The van der Waals surface area contributed by atoms with Crippen molar-refractivity contribution in [2.45, 2.75) is 19.9 Å². The van der Waals surface area contributed by atoms with Gasteiger partial charge in [0.05, 0.1) is 36.1 Å². The smallest absolute Gasteiger partial charge is 0.338 e. The molecule has 0 amide bonds. The van der Waals surface area contributed by atoms with Crippen molar-refractivity contribution in [3.05, 3.63) is 96.2 Å². The number of benzene rings is 2. The predicted molar refractivity (Wildman–Crippen MR) is 120 cm³/mol. The van der Waals surface area contributed by atoms with Gasteiger partial charge in [0, 0.05) is 0 Å². The number of allylic oxidation sites excluding steroid dienone is 1. The highest BCUT2D eigenvalue weighted by molar-refractivity contribution is 7.07. The van der Waals surface area contributed by atoms with Gasteiger partial charge in [-0.25, -0.2) is 9.79 Å². The summed E-state index contributed by atoms with van der Waals surface area (Å²) in [5.74, 6) is 0.186. The van der Waals surface area contributed by atoms with Crippen LogP contribution in [0, 0.1) is 6.92 Å². The number of carbonyl (C=O) groups is 1. The molecule has 1 atom stereocenters. The number of esters is 1. The van der Waals surface area contributed by atoms with Gasteiger partial charge in [0.2, 0.25) is 0 Å². The average molecular weight is 435 g/mol. The molecule has 1 unspecified atom stereocenters. The Bertz CT molecular complexity index is 1350. The Hall–Kier alpha value is -3.45. The first kappa shape index (κ1) is 20.8. The molecule has 0 saturated carbocycles. The maximum absolute atomic E-state index is 13.4. The van der Waals surface area contributed by atoms with Crippen LogP contribution in [0.4, 0.5) is 0 Å². The standard InChI is InChI=1S/C24H22N2O4S/c1-14-5-7-16(8-6-14)13-19-22(27)26-21(17-9-11-18(29-3)12-10-17)20(23(28)30-4)15(2)25-24(26)31-19/h5-13,21H,1-4H3/b19-13-. The van der Waals surface area contributed by atoms with E-state index in [0.717, 1.165) is 16.7 Å². The van der Waals surface area contributed by atoms with Gasteiger partial charge in [-0.2, -0.15) is 0 Å². The largest absolute Gasteiger partial charge is 0.497 e. The number of methoxy groups -OCH3 is 2. The summed E-state index contributed by atoms with van der Waals surface area (Å²) in [6.45, 7) is 3.78. The molecule has 1 aliphatic rings. The van der Waals surface area contributed by atoms with Gasteiger partial charge < -0.3 is 9.47 Å². The van der Waals surface area contributed by atoms with Gasteiger partial charge in [-0.1, -0.05) is 53.3 Å². The maximum atomic E-state index is 13.4. The van der Waals surface area contributed by atoms with E-state index in [0.29, 0.717) is 26.4 Å². The number of nitrogens with zero attached hydrogens (tertiary/aromatic N) is 2. The fourth-order valence-corrected chi connectivity index (χ4v) is 4.65. The van der Waals surface area contributed by atoms with Gasteiger partial charge >= 0.3 is 5.97 Å². The van der Waals surface area contributed by atoms with Gasteiger partial charge in [-0.05, 0) is 43.2 Å². The van der Waals surface area contributed by atoms with Crippen LogP contribution in [0.1, 0.15) is 29.7 Å². The van der Waals surface area contributed by atoms with E-state index in [4.69, 9.17) is 9.47 Å². The van der Waals surface area contributed by atoms with Crippen molar-refractivity contribution in [3.63, 3.8) is 0 Å². The van der Waals surface area contributed by atoms with Crippen molar-refractivity contribution < 1.29 is 14.3 Å². The SMILES string of the molecule is COC(=O)C1=C(C)N=c2s/c(=C\c3ccc(C)cc3)c(=O)n2C1c1ccc(OC)cc1. The second-order valence-corrected chi connectivity index (χ2v) is 8.27. The van der Waals surface area contributed by atoms with Gasteiger partial charge in [-0.15, -0.1) is 0 Å². The van der Waals surface area contributed by atoms with Crippen molar-refractivity contribution >= 4 is 23.4 Å². The van der Waals surface area contributed by atoms with E-state index < -0.39 is 12.0 Å². The average Bonchev–Trinajstić information content (AvgIpc) is 3.08. The van der Waals surface area contributed by atoms with Crippen LogP contribution in [-0.4, -0.2) is 24.8 Å². The van der Waals surface area contributed by atoms with Crippen LogP contribution >= 0.6 is 11.3 Å². The molecule has 2 aromatic carbocycles. The highest BCUT2D eigenvalue weighted by Gasteiger charge is 2.33. The number of rotatable bonds is 4. The molecular weight excluding hydrogens is 412 g/mol. The fourth-order valence-electron chi connectivity index (χ4n) is 3.61. The molecule has 1 aliphatic heterocycles. The Morgan fingerprint density at radius 3 is 2.35 bits per heavy atom. The third-order valence-electron chi connectivity index (χ3n) is 5.23. The van der Waals surface area contributed by atoms with E-state index in [9.17, 15) is 9.59 Å². The van der Waals surface area contributed by atoms with E-state index >= 15 is 0 Å². The van der Waals surface area contributed by atoms with Crippen LogP contribution in [0.3, 0.4) is 0 Å². The number of carbonyl (C=O) groups excluding carboxylic acids is 1. The Morgan fingerprint density at radius 1 is 1.06 bits per heavy atom. The minimum absolute atomic E-state index is 0.195. The first-order valence-electron chi connectivity index (χ1n) is 9.74. The summed E-state index contributed by atoms with van der Waals surface area (Å²) in [5.41, 5.74) is 3.55. The monoisotopic (exact) mass is 434 g/mol. The minimum atomic E-state index is -0.630. The topological polar surface area (TPSA) is 69.9 Å². The van der Waals surface area contributed by atoms with Crippen LogP contribution in [0.5, 0.6) is 5.75 Å². The molecule has 7 heteroatoms. The van der Waals surface area contributed by atoms with E-state index in [1.807, 2.05) is 61.5 Å². The number of aryl methyl sites for hydroxylation is 1. The van der Waals surface area contributed by atoms with E-state index in [-0.39, 0.29) is 5.56 Å². The first-order chi connectivity index (χ1) is 14.9. The first-order valence-corrected chi connectivity index (χ1v) is 10.6. The second kappa shape index (κ2) is 8.35. The number of hydrogen-bond donors (Lipinski definition) is 0. The summed E-state index contributed by atoms with van der Waals surface area (Å²) >= 11 is 1.31. The Morgan fingerprint density at radius 2 is 1.74 bits per heavy atom. The van der Waals surface area contributed by atoms with Gasteiger partial charge in [0.15, 0.2) is 4.80 Å². The summed E-state index contributed by atoms with van der Waals surface area (Å²) in [5, 5.41) is 0. The van der Waals surface area contributed by atoms with Crippen molar-refractivity contribution in [2.24, 2.45) is 4.99 Å². The van der Waals surface area contributed by atoms with E-state index in [2.05, 4.69) is 4.99 Å². The van der Waals surface area contributed by atoms with Crippen LogP contribution in [0.25, 0.3) is 6.08 Å². The highest BCUT2D eigenvalue weighted by Crippen LogP contribution is 2.31.